The van der Waals surface area contributed by atoms with Gasteiger partial charge in [0.15, 0.2) is 5.65 Å². The average molecular weight is 445 g/mol. The Morgan fingerprint density at radius 3 is 2.62 bits per heavy atom. The first-order valence-electron chi connectivity index (χ1n) is 11.1. The number of hydrogen-bond acceptors (Lipinski definition) is 4. The Hall–Kier alpha value is -2.77. The number of methoxy groups -OCH3 is 1. The quantitative estimate of drug-likeness (QED) is 0.518. The normalized spacial score (nSPS) is 15.9. The number of rotatable bonds is 6. The summed E-state index contributed by atoms with van der Waals surface area (Å²) in [6, 6.07) is 5.82. The van der Waals surface area contributed by atoms with Gasteiger partial charge < -0.3 is 9.64 Å². The van der Waals surface area contributed by atoms with Crippen molar-refractivity contribution in [3.63, 3.8) is 0 Å². The van der Waals surface area contributed by atoms with E-state index in [0.717, 1.165) is 71.5 Å². The van der Waals surface area contributed by atoms with E-state index >= 15 is 0 Å². The molecule has 8 heteroatoms. The van der Waals surface area contributed by atoms with E-state index in [1.54, 1.807) is 11.6 Å². The molecule has 0 unspecified atom stereocenters. The van der Waals surface area contributed by atoms with Crippen LogP contribution >= 0.6 is 0 Å². The highest BCUT2D eigenvalue weighted by atomic mass is 19.4. The Bertz CT molecular complexity index is 1180. The Kier molecular flexibility index (Phi) is 5.06. The van der Waals surface area contributed by atoms with Gasteiger partial charge in [-0.25, -0.2) is 4.98 Å². The van der Waals surface area contributed by atoms with Crippen molar-refractivity contribution in [1.29, 1.82) is 0 Å². The maximum absolute atomic E-state index is 13.6. The zero-order valence-corrected chi connectivity index (χ0v) is 18.6. The lowest BCUT2D eigenvalue weighted by Crippen LogP contribution is -2.38. The van der Waals surface area contributed by atoms with Crippen LogP contribution in [0.25, 0.3) is 16.8 Å². The van der Waals surface area contributed by atoms with Crippen LogP contribution in [0.1, 0.15) is 41.8 Å². The van der Waals surface area contributed by atoms with Gasteiger partial charge in [-0.2, -0.15) is 22.8 Å². The summed E-state index contributed by atoms with van der Waals surface area (Å²) in [6.45, 7) is 3.33. The van der Waals surface area contributed by atoms with Crippen molar-refractivity contribution >= 4 is 11.5 Å². The fourth-order valence-electron chi connectivity index (χ4n) is 4.85. The average Bonchev–Trinajstić information content (AvgIpc) is 3.31. The van der Waals surface area contributed by atoms with Crippen LogP contribution < -0.4 is 9.64 Å². The van der Waals surface area contributed by atoms with Crippen molar-refractivity contribution < 1.29 is 17.9 Å². The lowest BCUT2D eigenvalue weighted by Gasteiger charge is -2.28. The molecule has 5 nitrogen and oxygen atoms in total. The van der Waals surface area contributed by atoms with Gasteiger partial charge in [0.05, 0.1) is 12.8 Å². The fourth-order valence-corrected chi connectivity index (χ4v) is 4.85. The van der Waals surface area contributed by atoms with Crippen LogP contribution in [0.15, 0.2) is 18.2 Å². The van der Waals surface area contributed by atoms with Crippen molar-refractivity contribution in [1.82, 2.24) is 14.6 Å². The minimum Gasteiger partial charge on any atom is -0.497 e. The number of nitrogens with zero attached hydrogens (tertiary/aromatic N) is 4. The lowest BCUT2D eigenvalue weighted by molar-refractivity contribution is -0.119. The second-order valence-electron chi connectivity index (χ2n) is 9.03. The largest absolute Gasteiger partial charge is 0.497 e. The number of benzene rings is 1. The molecule has 32 heavy (non-hydrogen) atoms. The molecule has 0 spiro atoms. The number of aromatic nitrogens is 3. The highest BCUT2D eigenvalue weighted by Gasteiger charge is 2.37. The molecule has 5 rings (SSSR count). The van der Waals surface area contributed by atoms with E-state index < -0.39 is 12.7 Å². The molecule has 2 aromatic heterocycles. The molecule has 2 aliphatic carbocycles. The van der Waals surface area contributed by atoms with E-state index in [1.165, 1.54) is 4.90 Å². The summed E-state index contributed by atoms with van der Waals surface area (Å²) in [5.41, 5.74) is 6.07. The number of fused-ring (bicyclic) bond motifs is 2. The van der Waals surface area contributed by atoms with Gasteiger partial charge in [-0.15, -0.1) is 0 Å². The first kappa shape index (κ1) is 21.1. The second kappa shape index (κ2) is 7.67. The fraction of sp³-hybridized carbons (Fsp3) is 0.500. The molecule has 0 bridgehead atoms. The van der Waals surface area contributed by atoms with E-state index in [0.29, 0.717) is 23.9 Å². The minimum absolute atomic E-state index is 0.317. The number of ether oxygens (including phenoxy) is 1. The molecule has 1 aromatic carbocycles. The molecule has 170 valence electrons. The number of halogens is 3. The monoisotopic (exact) mass is 444 g/mol. The van der Waals surface area contributed by atoms with Gasteiger partial charge >= 0.3 is 6.18 Å². The maximum Gasteiger partial charge on any atom is 0.405 e. The van der Waals surface area contributed by atoms with Crippen molar-refractivity contribution in [2.75, 3.05) is 25.1 Å². The molecule has 0 N–H and O–H groups in total. The molecule has 2 heterocycles. The van der Waals surface area contributed by atoms with E-state index in [4.69, 9.17) is 14.8 Å². The predicted molar refractivity (Wildman–Crippen MR) is 117 cm³/mol. The zero-order chi connectivity index (χ0) is 22.6. The summed E-state index contributed by atoms with van der Waals surface area (Å²) >= 11 is 0. The smallest absolute Gasteiger partial charge is 0.405 e. The Morgan fingerprint density at radius 2 is 1.97 bits per heavy atom. The number of hydrogen-bond donors (Lipinski definition) is 0. The molecule has 1 fully saturated rings. The summed E-state index contributed by atoms with van der Waals surface area (Å²) in [7, 11) is 1.63. The van der Waals surface area contributed by atoms with Crippen molar-refractivity contribution in [2.24, 2.45) is 5.92 Å². The minimum atomic E-state index is -4.28. The van der Waals surface area contributed by atoms with Gasteiger partial charge in [-0.1, -0.05) is 6.07 Å². The van der Waals surface area contributed by atoms with Crippen LogP contribution in [0.3, 0.4) is 0 Å². The molecular formula is C24H27F3N4O. The summed E-state index contributed by atoms with van der Waals surface area (Å²) in [5, 5.41) is 4.74. The summed E-state index contributed by atoms with van der Waals surface area (Å²) in [6.07, 6.45) is 0.115. The van der Waals surface area contributed by atoms with Crippen molar-refractivity contribution in [3.05, 3.63) is 40.7 Å². The van der Waals surface area contributed by atoms with Gasteiger partial charge in [-0.05, 0) is 75.1 Å². The number of anilines is 1. The summed E-state index contributed by atoms with van der Waals surface area (Å²) in [5.74, 6) is 1.65. The Labute approximate surface area is 185 Å². The number of alkyl halides is 3. The molecule has 3 aromatic rings. The van der Waals surface area contributed by atoms with Crippen LogP contribution in [-0.2, 0) is 12.8 Å². The van der Waals surface area contributed by atoms with Gasteiger partial charge in [0.25, 0.3) is 0 Å². The molecular weight excluding hydrogens is 417 g/mol. The second-order valence-corrected chi connectivity index (χ2v) is 9.03. The zero-order valence-electron chi connectivity index (χ0n) is 18.6. The molecule has 0 amide bonds. The molecule has 0 radical (unpaired) electrons. The van der Waals surface area contributed by atoms with Gasteiger partial charge in [0, 0.05) is 23.4 Å². The lowest BCUT2D eigenvalue weighted by atomic mass is 10.0. The van der Waals surface area contributed by atoms with E-state index in [1.807, 2.05) is 32.0 Å². The van der Waals surface area contributed by atoms with Crippen LogP contribution in [-0.4, -0.2) is 41.0 Å². The third-order valence-electron chi connectivity index (χ3n) is 6.48. The number of aryl methyl sites for hydroxylation is 3. The van der Waals surface area contributed by atoms with Crippen LogP contribution in [0.5, 0.6) is 5.75 Å². The van der Waals surface area contributed by atoms with Gasteiger partial charge in [0.1, 0.15) is 18.1 Å². The highest BCUT2D eigenvalue weighted by Crippen LogP contribution is 2.40. The first-order valence-corrected chi connectivity index (χ1v) is 11.1. The Balaban J connectivity index is 1.73. The first-order chi connectivity index (χ1) is 15.2. The topological polar surface area (TPSA) is 42.7 Å². The third-order valence-corrected chi connectivity index (χ3v) is 6.48. The van der Waals surface area contributed by atoms with Crippen LogP contribution in [0.4, 0.5) is 19.0 Å². The summed E-state index contributed by atoms with van der Waals surface area (Å²) < 4.78 is 47.8. The molecule has 0 aliphatic heterocycles. The molecule has 0 saturated heterocycles. The van der Waals surface area contributed by atoms with Crippen molar-refractivity contribution in [2.45, 2.75) is 52.1 Å². The van der Waals surface area contributed by atoms with E-state index in [2.05, 4.69) is 0 Å². The molecule has 1 saturated carbocycles. The predicted octanol–water partition coefficient (Wildman–Crippen LogP) is 5.29. The van der Waals surface area contributed by atoms with E-state index in [-0.39, 0.29) is 0 Å². The third kappa shape index (κ3) is 3.80. The maximum atomic E-state index is 13.6. The molecule has 0 atom stereocenters. The highest BCUT2D eigenvalue weighted by molar-refractivity contribution is 5.83. The van der Waals surface area contributed by atoms with E-state index in [9.17, 15) is 13.2 Å². The standard InChI is InChI=1S/C24H27F3N4O/c1-14-11-17(32-3)9-10-18(14)21-15(2)29-31-22(21)28-20-6-4-5-19(20)23(31)30(12-16-7-8-16)13-24(25,26)27/h9-11,16H,4-8,12-13H2,1-3H3. The molecule has 2 aliphatic rings. The van der Waals surface area contributed by atoms with Gasteiger partial charge in [-0.3, -0.25) is 0 Å². The van der Waals surface area contributed by atoms with Crippen molar-refractivity contribution in [3.8, 4) is 16.9 Å². The van der Waals surface area contributed by atoms with Gasteiger partial charge in [0.2, 0.25) is 0 Å². The Morgan fingerprint density at radius 1 is 1.19 bits per heavy atom. The summed E-state index contributed by atoms with van der Waals surface area (Å²) in [4.78, 5) is 6.44. The van der Waals surface area contributed by atoms with Crippen LogP contribution in [0, 0.1) is 19.8 Å². The SMILES string of the molecule is COc1ccc(-c2c(C)nn3c(N(CC4CC4)CC(F)(F)F)c4c(nc23)CCC4)c(C)c1. The van der Waals surface area contributed by atoms with Crippen LogP contribution in [0.2, 0.25) is 0 Å².